The number of aromatic nitrogens is 1. The molecule has 1 aromatic rings. The fourth-order valence-electron chi connectivity index (χ4n) is 0.342. The first-order valence-electron chi connectivity index (χ1n) is 4.09. The number of rotatable bonds is 3. The minimum absolute atomic E-state index is 0.125. The monoisotopic (exact) mass is 255 g/mol. The van der Waals surface area contributed by atoms with Gasteiger partial charge in [-0.25, -0.2) is 0 Å². The second-order valence-electron chi connectivity index (χ2n) is 1.89. The van der Waals surface area contributed by atoms with Crippen LogP contribution in [0.15, 0.2) is 30.6 Å². The van der Waals surface area contributed by atoms with Crippen LogP contribution in [-0.2, 0) is 4.74 Å². The standard InChI is InChI=1S/C5H5N.C2H4Cl2O.C2H6O2/c1-2-4-6-5-3-1;3-1-5-2-4;3-1-2-4/h1-5H;1-2H2;3-4H,1-2H2. The van der Waals surface area contributed by atoms with Crippen molar-refractivity contribution in [2.45, 2.75) is 0 Å². The van der Waals surface area contributed by atoms with Gasteiger partial charge in [-0.05, 0) is 12.1 Å². The van der Waals surface area contributed by atoms with Crippen molar-refractivity contribution in [3.8, 4) is 0 Å². The van der Waals surface area contributed by atoms with Crippen LogP contribution < -0.4 is 0 Å². The molecule has 6 heteroatoms. The molecule has 0 saturated heterocycles. The minimum Gasteiger partial charge on any atom is -0.394 e. The molecule has 0 aliphatic rings. The van der Waals surface area contributed by atoms with E-state index in [-0.39, 0.29) is 25.3 Å². The molecule has 15 heavy (non-hydrogen) atoms. The lowest BCUT2D eigenvalue weighted by Crippen LogP contribution is -1.85. The Labute approximate surface area is 99.4 Å². The van der Waals surface area contributed by atoms with Gasteiger partial charge in [-0.2, -0.15) is 0 Å². The third-order valence-corrected chi connectivity index (χ3v) is 1.13. The predicted octanol–water partition coefficient (Wildman–Crippen LogP) is 1.45. The summed E-state index contributed by atoms with van der Waals surface area (Å²) in [5.74, 6) is 0. The molecule has 0 aromatic carbocycles. The van der Waals surface area contributed by atoms with Gasteiger partial charge < -0.3 is 14.9 Å². The average Bonchev–Trinajstić information content (AvgIpc) is 2.33. The Bertz CT molecular complexity index is 148. The topological polar surface area (TPSA) is 62.6 Å². The van der Waals surface area contributed by atoms with Crippen LogP contribution >= 0.6 is 23.2 Å². The van der Waals surface area contributed by atoms with Gasteiger partial charge in [0.1, 0.15) is 12.1 Å². The summed E-state index contributed by atoms with van der Waals surface area (Å²) in [5.41, 5.74) is 0. The van der Waals surface area contributed by atoms with Gasteiger partial charge in [-0.15, -0.1) is 0 Å². The van der Waals surface area contributed by atoms with Crippen LogP contribution in [0.25, 0.3) is 0 Å². The highest BCUT2D eigenvalue weighted by Crippen LogP contribution is 1.79. The maximum atomic E-state index is 7.62. The van der Waals surface area contributed by atoms with E-state index in [1.807, 2.05) is 18.2 Å². The number of halogens is 2. The molecule has 1 aromatic heterocycles. The van der Waals surface area contributed by atoms with E-state index in [1.165, 1.54) is 0 Å². The number of ether oxygens (including phenoxy) is 1. The first-order chi connectivity index (χ1) is 7.33. The van der Waals surface area contributed by atoms with Crippen molar-refractivity contribution in [2.75, 3.05) is 25.3 Å². The van der Waals surface area contributed by atoms with Crippen molar-refractivity contribution in [1.82, 2.24) is 4.98 Å². The van der Waals surface area contributed by atoms with Crippen LogP contribution in [-0.4, -0.2) is 40.5 Å². The van der Waals surface area contributed by atoms with Crippen molar-refractivity contribution in [3.05, 3.63) is 30.6 Å². The molecule has 0 aliphatic carbocycles. The number of hydrogen-bond acceptors (Lipinski definition) is 4. The Kier molecular flexibility index (Phi) is 21.8. The SMILES string of the molecule is ClCOCCl.OCCO.c1ccncc1. The van der Waals surface area contributed by atoms with Crippen molar-refractivity contribution < 1.29 is 14.9 Å². The fraction of sp³-hybridized carbons (Fsp3) is 0.444. The molecule has 0 bridgehead atoms. The highest BCUT2D eigenvalue weighted by Gasteiger charge is 1.68. The maximum absolute atomic E-state index is 7.62. The van der Waals surface area contributed by atoms with E-state index in [9.17, 15) is 0 Å². The second-order valence-corrected chi connectivity index (χ2v) is 2.33. The maximum Gasteiger partial charge on any atom is 0.122 e. The van der Waals surface area contributed by atoms with E-state index >= 15 is 0 Å². The smallest absolute Gasteiger partial charge is 0.122 e. The highest BCUT2D eigenvalue weighted by atomic mass is 35.5. The van der Waals surface area contributed by atoms with Gasteiger partial charge >= 0.3 is 0 Å². The summed E-state index contributed by atoms with van der Waals surface area (Å²) in [6.07, 6.45) is 3.50. The second kappa shape index (κ2) is 19.2. The van der Waals surface area contributed by atoms with Gasteiger partial charge in [-0.3, -0.25) is 4.98 Å². The Morgan fingerprint density at radius 3 is 1.47 bits per heavy atom. The Balaban J connectivity index is 0. The van der Waals surface area contributed by atoms with Crippen LogP contribution in [0.1, 0.15) is 0 Å². The van der Waals surface area contributed by atoms with E-state index in [0.717, 1.165) is 0 Å². The molecule has 0 amide bonds. The van der Waals surface area contributed by atoms with Crippen molar-refractivity contribution >= 4 is 23.2 Å². The number of nitrogens with zero attached hydrogens (tertiary/aromatic N) is 1. The molecule has 0 aliphatic heterocycles. The first-order valence-corrected chi connectivity index (χ1v) is 5.16. The van der Waals surface area contributed by atoms with Crippen LogP contribution in [0.5, 0.6) is 0 Å². The minimum atomic E-state index is -0.125. The van der Waals surface area contributed by atoms with Crippen LogP contribution in [0.2, 0.25) is 0 Å². The molecule has 0 saturated carbocycles. The van der Waals surface area contributed by atoms with Crippen LogP contribution in [0, 0.1) is 0 Å². The Morgan fingerprint density at radius 2 is 1.40 bits per heavy atom. The summed E-state index contributed by atoms with van der Waals surface area (Å²) in [7, 11) is 0. The van der Waals surface area contributed by atoms with E-state index < -0.39 is 0 Å². The largest absolute Gasteiger partial charge is 0.394 e. The molecule has 2 N–H and O–H groups in total. The summed E-state index contributed by atoms with van der Waals surface area (Å²) in [5, 5.41) is 15.2. The van der Waals surface area contributed by atoms with Gasteiger partial charge in [0, 0.05) is 12.4 Å². The molecular formula is C9H15Cl2NO3. The molecule has 1 rings (SSSR count). The number of alkyl halides is 2. The molecule has 0 unspecified atom stereocenters. The van der Waals surface area contributed by atoms with Crippen molar-refractivity contribution in [1.29, 1.82) is 0 Å². The average molecular weight is 256 g/mol. The van der Waals surface area contributed by atoms with Gasteiger partial charge in [-0.1, -0.05) is 29.3 Å². The lowest BCUT2D eigenvalue weighted by molar-refractivity contribution is 0.186. The molecule has 4 nitrogen and oxygen atoms in total. The molecule has 1 heterocycles. The number of pyridine rings is 1. The molecular weight excluding hydrogens is 241 g/mol. The summed E-state index contributed by atoms with van der Waals surface area (Å²) >= 11 is 9.99. The van der Waals surface area contributed by atoms with Crippen molar-refractivity contribution in [2.24, 2.45) is 0 Å². The third-order valence-electron chi connectivity index (χ3n) is 0.821. The van der Waals surface area contributed by atoms with E-state index in [0.29, 0.717) is 0 Å². The lowest BCUT2D eigenvalue weighted by atomic mass is 10.5. The predicted molar refractivity (Wildman–Crippen MR) is 60.9 cm³/mol. The summed E-state index contributed by atoms with van der Waals surface area (Å²) in [6.45, 7) is -0.250. The fourth-order valence-corrected chi connectivity index (χ4v) is 0.575. The number of aliphatic hydroxyl groups excluding tert-OH is 2. The van der Waals surface area contributed by atoms with Gasteiger partial charge in [0.2, 0.25) is 0 Å². The van der Waals surface area contributed by atoms with Gasteiger partial charge in [0.05, 0.1) is 13.2 Å². The number of hydrogen-bond donors (Lipinski definition) is 2. The zero-order valence-electron chi connectivity index (χ0n) is 8.22. The summed E-state index contributed by atoms with van der Waals surface area (Å²) < 4.78 is 4.36. The van der Waals surface area contributed by atoms with Crippen LogP contribution in [0.4, 0.5) is 0 Å². The summed E-state index contributed by atoms with van der Waals surface area (Å²) in [6, 6.07) is 6.08. The van der Waals surface area contributed by atoms with E-state index in [4.69, 9.17) is 33.4 Å². The zero-order valence-corrected chi connectivity index (χ0v) is 9.73. The third kappa shape index (κ3) is 24.7. The highest BCUT2D eigenvalue weighted by molar-refractivity contribution is 6.18. The molecule has 0 fully saturated rings. The molecule has 0 spiro atoms. The Morgan fingerprint density at radius 1 is 0.933 bits per heavy atom. The van der Waals surface area contributed by atoms with E-state index in [1.54, 1.807) is 12.4 Å². The van der Waals surface area contributed by atoms with E-state index in [2.05, 4.69) is 9.72 Å². The quantitative estimate of drug-likeness (QED) is 0.803. The number of aliphatic hydroxyl groups is 2. The first kappa shape index (κ1) is 17.0. The normalized spacial score (nSPS) is 8.00. The lowest BCUT2D eigenvalue weighted by Gasteiger charge is -1.82. The summed E-state index contributed by atoms with van der Waals surface area (Å²) in [4.78, 5) is 3.78. The molecule has 0 radical (unpaired) electrons. The molecule has 88 valence electrons. The van der Waals surface area contributed by atoms with Crippen LogP contribution in [0.3, 0.4) is 0 Å². The zero-order chi connectivity index (χ0) is 11.8. The molecule has 0 atom stereocenters. The Hall–Kier alpha value is -0.390. The van der Waals surface area contributed by atoms with Gasteiger partial charge in [0.25, 0.3) is 0 Å². The van der Waals surface area contributed by atoms with Gasteiger partial charge in [0.15, 0.2) is 0 Å². The van der Waals surface area contributed by atoms with Crippen molar-refractivity contribution in [3.63, 3.8) is 0 Å².